The van der Waals surface area contributed by atoms with Crippen LogP contribution in [0.1, 0.15) is 78.8 Å². The molecule has 0 spiro atoms. The molecule has 3 rings (SSSR count). The molecule has 0 fully saturated rings. The molecular weight excluding hydrogens is 292 g/mol. The molecule has 0 amide bonds. The summed E-state index contributed by atoms with van der Waals surface area (Å²) in [5, 5.41) is 0. The summed E-state index contributed by atoms with van der Waals surface area (Å²) in [6, 6.07) is 11.4. The van der Waals surface area contributed by atoms with E-state index in [0.717, 1.165) is 13.0 Å². The highest BCUT2D eigenvalue weighted by atomic mass is 16.5. The molecule has 2 aromatic rings. The van der Waals surface area contributed by atoms with Gasteiger partial charge in [0.05, 0.1) is 6.61 Å². The Balaban J connectivity index is 1.94. The minimum Gasteiger partial charge on any atom is -0.492 e. The van der Waals surface area contributed by atoms with E-state index in [1.807, 2.05) is 0 Å². The molecule has 2 aromatic carbocycles. The lowest BCUT2D eigenvalue weighted by Crippen LogP contribution is -2.01. The summed E-state index contributed by atoms with van der Waals surface area (Å²) in [7, 11) is 0. The second-order valence-corrected chi connectivity index (χ2v) is 7.60. The minimum atomic E-state index is 0.577. The number of fused-ring (bicyclic) bond motifs is 1. The molecule has 1 nitrogen and oxygen atoms in total. The van der Waals surface area contributed by atoms with E-state index >= 15 is 0 Å². The zero-order valence-electron chi connectivity index (χ0n) is 15.8. The number of benzene rings is 2. The SMILES string of the molecule is CCCC1COc2c(Cc3ccc(C(C)C)cc3)c(C)cc(C)c21. The van der Waals surface area contributed by atoms with Crippen molar-refractivity contribution < 1.29 is 4.74 Å². The molecule has 0 saturated heterocycles. The van der Waals surface area contributed by atoms with E-state index in [1.165, 1.54) is 52.0 Å². The van der Waals surface area contributed by atoms with Crippen molar-refractivity contribution in [2.75, 3.05) is 6.61 Å². The first kappa shape index (κ1) is 17.1. The second kappa shape index (κ2) is 7.01. The van der Waals surface area contributed by atoms with Gasteiger partial charge in [-0.25, -0.2) is 0 Å². The summed E-state index contributed by atoms with van der Waals surface area (Å²) in [5.41, 5.74) is 8.39. The molecule has 128 valence electrons. The number of aryl methyl sites for hydroxylation is 2. The average molecular weight is 322 g/mol. The molecule has 1 unspecified atom stereocenters. The van der Waals surface area contributed by atoms with Crippen LogP contribution >= 0.6 is 0 Å². The van der Waals surface area contributed by atoms with Crippen LogP contribution < -0.4 is 4.74 Å². The molecule has 0 N–H and O–H groups in total. The molecule has 1 heteroatoms. The molecule has 1 heterocycles. The van der Waals surface area contributed by atoms with Gasteiger partial charge in [0, 0.05) is 23.5 Å². The van der Waals surface area contributed by atoms with E-state index in [9.17, 15) is 0 Å². The van der Waals surface area contributed by atoms with Crippen molar-refractivity contribution in [1.29, 1.82) is 0 Å². The zero-order chi connectivity index (χ0) is 17.3. The van der Waals surface area contributed by atoms with Crippen LogP contribution in [0.5, 0.6) is 5.75 Å². The zero-order valence-corrected chi connectivity index (χ0v) is 15.8. The highest BCUT2D eigenvalue weighted by Crippen LogP contribution is 2.43. The molecule has 1 atom stereocenters. The van der Waals surface area contributed by atoms with E-state index in [2.05, 4.69) is 65.0 Å². The number of hydrogen-bond donors (Lipinski definition) is 0. The van der Waals surface area contributed by atoms with Gasteiger partial charge in [0.2, 0.25) is 0 Å². The van der Waals surface area contributed by atoms with Gasteiger partial charge in [-0.2, -0.15) is 0 Å². The molecule has 1 aliphatic rings. The summed E-state index contributed by atoms with van der Waals surface area (Å²) in [4.78, 5) is 0. The molecule has 1 aliphatic heterocycles. The van der Waals surface area contributed by atoms with Crippen molar-refractivity contribution in [2.45, 2.75) is 65.7 Å². The van der Waals surface area contributed by atoms with Gasteiger partial charge >= 0.3 is 0 Å². The van der Waals surface area contributed by atoms with Crippen molar-refractivity contribution in [2.24, 2.45) is 0 Å². The van der Waals surface area contributed by atoms with Gasteiger partial charge in [-0.05, 0) is 48.4 Å². The van der Waals surface area contributed by atoms with E-state index in [0.29, 0.717) is 11.8 Å². The second-order valence-electron chi connectivity index (χ2n) is 7.60. The van der Waals surface area contributed by atoms with Crippen molar-refractivity contribution in [3.63, 3.8) is 0 Å². The van der Waals surface area contributed by atoms with Crippen molar-refractivity contribution >= 4 is 0 Å². The first-order valence-corrected chi connectivity index (χ1v) is 9.35. The summed E-state index contributed by atoms with van der Waals surface area (Å²) < 4.78 is 6.19. The van der Waals surface area contributed by atoms with Gasteiger partial charge in [-0.3, -0.25) is 0 Å². The fraction of sp³-hybridized carbons (Fsp3) is 0.478. The van der Waals surface area contributed by atoms with Crippen molar-refractivity contribution in [3.8, 4) is 5.75 Å². The van der Waals surface area contributed by atoms with Crippen LogP contribution in [0.3, 0.4) is 0 Å². The third-order valence-electron chi connectivity index (χ3n) is 5.35. The Morgan fingerprint density at radius 1 is 1.08 bits per heavy atom. The Morgan fingerprint density at radius 3 is 2.42 bits per heavy atom. The molecule has 0 aliphatic carbocycles. The highest BCUT2D eigenvalue weighted by Gasteiger charge is 2.28. The average Bonchev–Trinajstić information content (AvgIpc) is 2.96. The Kier molecular flexibility index (Phi) is 4.99. The van der Waals surface area contributed by atoms with Crippen LogP contribution in [-0.4, -0.2) is 6.61 Å². The van der Waals surface area contributed by atoms with Crippen LogP contribution in [0.15, 0.2) is 30.3 Å². The van der Waals surface area contributed by atoms with E-state index in [-0.39, 0.29) is 0 Å². The van der Waals surface area contributed by atoms with Gasteiger partial charge in [0.1, 0.15) is 5.75 Å². The summed E-state index contributed by atoms with van der Waals surface area (Å²) in [6.07, 6.45) is 3.40. The largest absolute Gasteiger partial charge is 0.492 e. The first-order chi connectivity index (χ1) is 11.5. The Morgan fingerprint density at radius 2 is 1.79 bits per heavy atom. The van der Waals surface area contributed by atoms with Crippen LogP contribution in [0.2, 0.25) is 0 Å². The maximum atomic E-state index is 6.19. The van der Waals surface area contributed by atoms with Crippen LogP contribution in [0.25, 0.3) is 0 Å². The molecule has 0 radical (unpaired) electrons. The molecule has 0 aromatic heterocycles. The lowest BCUT2D eigenvalue weighted by molar-refractivity contribution is 0.322. The van der Waals surface area contributed by atoms with E-state index in [4.69, 9.17) is 4.74 Å². The fourth-order valence-corrected chi connectivity index (χ4v) is 3.97. The Hall–Kier alpha value is -1.76. The van der Waals surface area contributed by atoms with Gasteiger partial charge in [0.15, 0.2) is 0 Å². The number of ether oxygens (including phenoxy) is 1. The number of hydrogen-bond acceptors (Lipinski definition) is 1. The fourth-order valence-electron chi connectivity index (χ4n) is 3.97. The van der Waals surface area contributed by atoms with Gasteiger partial charge < -0.3 is 4.74 Å². The normalized spacial score (nSPS) is 16.3. The topological polar surface area (TPSA) is 9.23 Å². The predicted molar refractivity (Wildman–Crippen MR) is 102 cm³/mol. The summed E-state index contributed by atoms with van der Waals surface area (Å²) in [6.45, 7) is 12.1. The standard InChI is InChI=1S/C23H30O/c1-6-7-20-14-24-23-21(16(4)12-17(5)22(20)23)13-18-8-10-19(11-9-18)15(2)3/h8-12,15,20H,6-7,13-14H2,1-5H3. The molecule has 0 saturated carbocycles. The minimum absolute atomic E-state index is 0.577. The van der Waals surface area contributed by atoms with Gasteiger partial charge in [-0.15, -0.1) is 0 Å². The summed E-state index contributed by atoms with van der Waals surface area (Å²) in [5.74, 6) is 2.34. The van der Waals surface area contributed by atoms with Crippen LogP contribution in [-0.2, 0) is 6.42 Å². The third-order valence-corrected chi connectivity index (χ3v) is 5.35. The molecule has 0 bridgehead atoms. The van der Waals surface area contributed by atoms with Crippen LogP contribution in [0, 0.1) is 13.8 Å². The van der Waals surface area contributed by atoms with Crippen molar-refractivity contribution in [3.05, 3.63) is 63.7 Å². The summed E-state index contributed by atoms with van der Waals surface area (Å²) >= 11 is 0. The Bertz CT molecular complexity index is 710. The van der Waals surface area contributed by atoms with Gasteiger partial charge in [0.25, 0.3) is 0 Å². The maximum Gasteiger partial charge on any atom is 0.126 e. The predicted octanol–water partition coefficient (Wildman–Crippen LogP) is 6.29. The monoisotopic (exact) mass is 322 g/mol. The highest BCUT2D eigenvalue weighted by molar-refractivity contribution is 5.55. The van der Waals surface area contributed by atoms with Gasteiger partial charge in [-0.1, -0.05) is 57.5 Å². The molecular formula is C23H30O. The lowest BCUT2D eigenvalue weighted by Gasteiger charge is -2.16. The lowest BCUT2D eigenvalue weighted by atomic mass is 9.87. The number of rotatable bonds is 5. The van der Waals surface area contributed by atoms with E-state index < -0.39 is 0 Å². The van der Waals surface area contributed by atoms with Crippen molar-refractivity contribution in [1.82, 2.24) is 0 Å². The molecule has 24 heavy (non-hydrogen) atoms. The van der Waals surface area contributed by atoms with Crippen LogP contribution in [0.4, 0.5) is 0 Å². The first-order valence-electron chi connectivity index (χ1n) is 9.35. The van der Waals surface area contributed by atoms with E-state index in [1.54, 1.807) is 0 Å². The smallest absolute Gasteiger partial charge is 0.126 e. The maximum absolute atomic E-state index is 6.19. The Labute approximate surface area is 147 Å². The quantitative estimate of drug-likeness (QED) is 0.628. The third kappa shape index (κ3) is 3.22.